The van der Waals surface area contributed by atoms with Gasteiger partial charge in [0, 0.05) is 11.0 Å². The van der Waals surface area contributed by atoms with Gasteiger partial charge in [-0.3, -0.25) is 0 Å². The van der Waals surface area contributed by atoms with Crippen molar-refractivity contribution in [1.82, 2.24) is 0 Å². The van der Waals surface area contributed by atoms with Crippen LogP contribution in [-0.4, -0.2) is 12.6 Å². The van der Waals surface area contributed by atoms with E-state index in [9.17, 15) is 0 Å². The molecule has 0 spiro atoms. The molecule has 0 amide bonds. The van der Waals surface area contributed by atoms with Crippen LogP contribution in [0.3, 0.4) is 0 Å². The third-order valence-corrected chi connectivity index (χ3v) is 2.81. The minimum Gasteiger partial charge on any atom is -0.489 e. The monoisotopic (exact) mass is 241 g/mol. The lowest BCUT2D eigenvalue weighted by Crippen LogP contribution is -2.30. The molecule has 13 heavy (non-hydrogen) atoms. The summed E-state index contributed by atoms with van der Waals surface area (Å²) >= 11 is 3.44. The second kappa shape index (κ2) is 3.68. The van der Waals surface area contributed by atoms with Gasteiger partial charge in [-0.15, -0.1) is 0 Å². The van der Waals surface area contributed by atoms with Crippen molar-refractivity contribution < 1.29 is 4.74 Å². The van der Waals surface area contributed by atoms with Crippen LogP contribution in [0.5, 0.6) is 5.75 Å². The third kappa shape index (κ3) is 1.86. The summed E-state index contributed by atoms with van der Waals surface area (Å²) in [5.74, 6) is 0.991. The van der Waals surface area contributed by atoms with Crippen LogP contribution in [0.2, 0.25) is 0 Å². The van der Waals surface area contributed by atoms with Gasteiger partial charge in [-0.1, -0.05) is 15.9 Å². The predicted molar refractivity (Wildman–Crippen MR) is 55.9 cm³/mol. The second-order valence-electron chi connectivity index (χ2n) is 3.27. The highest BCUT2D eigenvalue weighted by Crippen LogP contribution is 2.29. The van der Waals surface area contributed by atoms with E-state index in [1.807, 2.05) is 12.1 Å². The lowest BCUT2D eigenvalue weighted by Gasteiger charge is -2.24. The van der Waals surface area contributed by atoms with Crippen LogP contribution in [0, 0.1) is 0 Å². The van der Waals surface area contributed by atoms with E-state index in [0.29, 0.717) is 6.54 Å². The van der Waals surface area contributed by atoms with Crippen molar-refractivity contribution in [3.8, 4) is 5.75 Å². The van der Waals surface area contributed by atoms with Crippen LogP contribution in [0.25, 0.3) is 0 Å². The van der Waals surface area contributed by atoms with Crippen molar-refractivity contribution >= 4 is 15.9 Å². The summed E-state index contributed by atoms with van der Waals surface area (Å²) in [6.45, 7) is 0.607. The number of halogens is 1. The predicted octanol–water partition coefficient (Wildman–Crippen LogP) is 2.10. The van der Waals surface area contributed by atoms with Gasteiger partial charge >= 0.3 is 0 Å². The van der Waals surface area contributed by atoms with E-state index in [2.05, 4.69) is 22.0 Å². The van der Waals surface area contributed by atoms with Gasteiger partial charge in [0.2, 0.25) is 0 Å². The summed E-state index contributed by atoms with van der Waals surface area (Å²) in [6.07, 6.45) is 2.30. The lowest BCUT2D eigenvalue weighted by molar-refractivity contribution is 0.181. The first-order valence-corrected chi connectivity index (χ1v) is 5.24. The molecule has 1 aliphatic heterocycles. The number of nitrogens with two attached hydrogens (primary N) is 1. The van der Waals surface area contributed by atoms with Crippen molar-refractivity contribution in [3.05, 3.63) is 28.2 Å². The molecule has 2 rings (SSSR count). The summed E-state index contributed by atoms with van der Waals surface area (Å²) in [4.78, 5) is 0. The van der Waals surface area contributed by atoms with Gasteiger partial charge < -0.3 is 10.5 Å². The Morgan fingerprint density at radius 3 is 3.15 bits per heavy atom. The topological polar surface area (TPSA) is 35.2 Å². The highest BCUT2D eigenvalue weighted by atomic mass is 79.9. The molecule has 0 bridgehead atoms. The fourth-order valence-corrected chi connectivity index (χ4v) is 1.99. The quantitative estimate of drug-likeness (QED) is 0.818. The Morgan fingerprint density at radius 2 is 2.38 bits per heavy atom. The SMILES string of the molecule is NC[C@H]1CCc2cc(Br)ccc2O1. The van der Waals surface area contributed by atoms with Crippen LogP contribution in [0.1, 0.15) is 12.0 Å². The highest BCUT2D eigenvalue weighted by molar-refractivity contribution is 9.10. The van der Waals surface area contributed by atoms with Gasteiger partial charge in [0.05, 0.1) is 0 Å². The molecule has 0 unspecified atom stereocenters. The van der Waals surface area contributed by atoms with E-state index in [1.54, 1.807) is 0 Å². The first-order chi connectivity index (χ1) is 6.29. The molecule has 2 N–H and O–H groups in total. The van der Waals surface area contributed by atoms with Crippen molar-refractivity contribution in [2.75, 3.05) is 6.54 Å². The fraction of sp³-hybridized carbons (Fsp3) is 0.400. The average molecular weight is 242 g/mol. The lowest BCUT2D eigenvalue weighted by atomic mass is 10.0. The van der Waals surface area contributed by atoms with Gasteiger partial charge in [0.1, 0.15) is 11.9 Å². The molecule has 1 aliphatic rings. The Labute approximate surface area is 86.2 Å². The van der Waals surface area contributed by atoms with Crippen LogP contribution in [-0.2, 0) is 6.42 Å². The van der Waals surface area contributed by atoms with Crippen LogP contribution < -0.4 is 10.5 Å². The molecular weight excluding hydrogens is 230 g/mol. The normalized spacial score (nSPS) is 20.6. The molecule has 0 radical (unpaired) electrons. The zero-order chi connectivity index (χ0) is 9.26. The molecule has 1 aromatic rings. The average Bonchev–Trinajstić information content (AvgIpc) is 2.17. The van der Waals surface area contributed by atoms with Crippen molar-refractivity contribution in [3.63, 3.8) is 0 Å². The molecule has 3 heteroatoms. The van der Waals surface area contributed by atoms with Crippen LogP contribution in [0.15, 0.2) is 22.7 Å². The van der Waals surface area contributed by atoms with E-state index in [0.717, 1.165) is 23.1 Å². The Morgan fingerprint density at radius 1 is 1.54 bits per heavy atom. The summed E-state index contributed by atoms with van der Waals surface area (Å²) in [5, 5.41) is 0. The largest absolute Gasteiger partial charge is 0.489 e. The number of benzene rings is 1. The van der Waals surface area contributed by atoms with Crippen LogP contribution >= 0.6 is 15.9 Å². The number of ether oxygens (including phenoxy) is 1. The molecule has 1 heterocycles. The number of rotatable bonds is 1. The molecule has 2 nitrogen and oxygen atoms in total. The van der Waals surface area contributed by atoms with Gasteiger partial charge in [-0.05, 0) is 36.6 Å². The zero-order valence-corrected chi connectivity index (χ0v) is 8.88. The zero-order valence-electron chi connectivity index (χ0n) is 7.29. The maximum Gasteiger partial charge on any atom is 0.123 e. The van der Waals surface area contributed by atoms with E-state index in [-0.39, 0.29) is 6.10 Å². The second-order valence-corrected chi connectivity index (χ2v) is 4.18. The van der Waals surface area contributed by atoms with Crippen molar-refractivity contribution in [1.29, 1.82) is 0 Å². The van der Waals surface area contributed by atoms with E-state index >= 15 is 0 Å². The van der Waals surface area contributed by atoms with Gasteiger partial charge in [-0.2, -0.15) is 0 Å². The van der Waals surface area contributed by atoms with Gasteiger partial charge in [-0.25, -0.2) is 0 Å². The molecule has 0 saturated carbocycles. The molecule has 1 aromatic carbocycles. The number of hydrogen-bond donors (Lipinski definition) is 1. The Balaban J connectivity index is 2.26. The molecule has 0 saturated heterocycles. The molecule has 0 fully saturated rings. The van der Waals surface area contributed by atoms with Crippen LogP contribution in [0.4, 0.5) is 0 Å². The smallest absolute Gasteiger partial charge is 0.123 e. The van der Waals surface area contributed by atoms with Crippen molar-refractivity contribution in [2.24, 2.45) is 5.73 Å². The summed E-state index contributed by atoms with van der Waals surface area (Å²) in [7, 11) is 0. The standard InChI is InChI=1S/C10H12BrNO/c11-8-2-4-10-7(5-8)1-3-9(6-12)13-10/h2,4-5,9H,1,3,6,12H2/t9-/m1/s1. The molecular formula is C10H12BrNO. The molecule has 1 atom stereocenters. The van der Waals surface area contributed by atoms with E-state index in [4.69, 9.17) is 10.5 Å². The Hall–Kier alpha value is -0.540. The van der Waals surface area contributed by atoms with Gasteiger partial charge in [0.25, 0.3) is 0 Å². The Bertz CT molecular complexity index is 314. The first-order valence-electron chi connectivity index (χ1n) is 4.45. The number of fused-ring (bicyclic) bond motifs is 1. The molecule has 0 aromatic heterocycles. The number of aryl methyl sites for hydroxylation is 1. The van der Waals surface area contributed by atoms with E-state index in [1.165, 1.54) is 5.56 Å². The minimum absolute atomic E-state index is 0.202. The summed E-state index contributed by atoms with van der Waals surface area (Å²) in [5.41, 5.74) is 6.83. The summed E-state index contributed by atoms with van der Waals surface area (Å²) < 4.78 is 6.80. The minimum atomic E-state index is 0.202. The molecule has 0 aliphatic carbocycles. The summed E-state index contributed by atoms with van der Waals surface area (Å²) in [6, 6.07) is 6.11. The number of hydrogen-bond acceptors (Lipinski definition) is 2. The third-order valence-electron chi connectivity index (χ3n) is 2.31. The van der Waals surface area contributed by atoms with Crippen molar-refractivity contribution in [2.45, 2.75) is 18.9 Å². The van der Waals surface area contributed by atoms with Gasteiger partial charge in [0.15, 0.2) is 0 Å². The molecule has 70 valence electrons. The van der Waals surface area contributed by atoms with E-state index < -0.39 is 0 Å². The first kappa shape index (κ1) is 9.03. The maximum atomic E-state index is 5.69. The Kier molecular flexibility index (Phi) is 2.56. The maximum absolute atomic E-state index is 5.69. The fourth-order valence-electron chi connectivity index (χ4n) is 1.58. The highest BCUT2D eigenvalue weighted by Gasteiger charge is 2.17.